The molecule has 0 saturated heterocycles. The lowest BCUT2D eigenvalue weighted by molar-refractivity contribution is -0.115. The molecule has 0 bridgehead atoms. The topological polar surface area (TPSA) is 113 Å². The van der Waals surface area contributed by atoms with Crippen molar-refractivity contribution in [3.05, 3.63) is 107 Å². The van der Waals surface area contributed by atoms with Gasteiger partial charge in [0.05, 0.1) is 23.5 Å². The molecule has 3 N–H and O–H groups in total. The molecule has 0 fully saturated rings. The molecule has 0 saturated carbocycles. The lowest BCUT2D eigenvalue weighted by Crippen LogP contribution is -2.18. The largest absolute Gasteiger partial charge is 0.465 e. The summed E-state index contributed by atoms with van der Waals surface area (Å²) in [4.78, 5) is 41.3. The average molecular weight is 493 g/mol. The zero-order valence-electron chi connectivity index (χ0n) is 20.3. The summed E-state index contributed by atoms with van der Waals surface area (Å²) < 4.78 is 1.87. The molecule has 0 unspecified atom stereocenters. The number of aromatic nitrogens is 2. The Morgan fingerprint density at radius 2 is 1.62 bits per heavy atom. The van der Waals surface area contributed by atoms with Gasteiger partial charge in [0.1, 0.15) is 5.82 Å². The lowest BCUT2D eigenvalue weighted by Gasteiger charge is -2.12. The number of carbonyl (C=O) groups is 3. The molecule has 4 rings (SSSR count). The van der Waals surface area contributed by atoms with Gasteiger partial charge in [-0.05, 0) is 56.3 Å². The maximum absolute atomic E-state index is 12.9. The summed E-state index contributed by atoms with van der Waals surface area (Å²) in [6.07, 6.45) is 0.172. The van der Waals surface area contributed by atoms with Gasteiger partial charge in [-0.2, -0.15) is 0 Å². The van der Waals surface area contributed by atoms with Gasteiger partial charge in [0.2, 0.25) is 5.91 Å². The Kier molecular flexibility index (Phi) is 7.45. The van der Waals surface area contributed by atoms with Crippen molar-refractivity contribution >= 4 is 29.2 Å². The number of carboxylic acid groups (broad SMARTS) is 1. The number of nitrogens with one attached hydrogen (secondary N) is 2. The van der Waals surface area contributed by atoms with Crippen LogP contribution < -0.4 is 10.6 Å². The number of aryl methyl sites for hydroxylation is 2. The van der Waals surface area contributed by atoms with Gasteiger partial charge in [-0.3, -0.25) is 14.9 Å². The number of amides is 2. The van der Waals surface area contributed by atoms with Crippen LogP contribution in [0, 0.1) is 25.7 Å². The number of rotatable bonds is 6. The van der Waals surface area contributed by atoms with E-state index < -0.39 is 18.4 Å². The molecule has 0 radical (unpaired) electrons. The van der Waals surface area contributed by atoms with Gasteiger partial charge in [0.25, 0.3) is 0 Å². The number of imidazole rings is 1. The quantitative estimate of drug-likeness (QED) is 0.195. The molecule has 0 spiro atoms. The van der Waals surface area contributed by atoms with E-state index in [1.165, 1.54) is 6.07 Å². The zero-order valence-corrected chi connectivity index (χ0v) is 20.3. The third-order valence-corrected chi connectivity index (χ3v) is 5.43. The van der Waals surface area contributed by atoms with Crippen LogP contribution in [0.3, 0.4) is 0 Å². The number of carbonyl (C=O) groups excluding carboxylic acids is 2. The predicted octanol–water partition coefficient (Wildman–Crippen LogP) is 5.19. The minimum Gasteiger partial charge on any atom is -0.465 e. The van der Waals surface area contributed by atoms with E-state index >= 15 is 0 Å². The van der Waals surface area contributed by atoms with Gasteiger partial charge in [-0.15, -0.1) is 0 Å². The number of ketones is 1. The summed E-state index contributed by atoms with van der Waals surface area (Å²) in [5.74, 6) is 5.85. The van der Waals surface area contributed by atoms with Crippen LogP contribution in [0.5, 0.6) is 0 Å². The Bertz CT molecular complexity index is 1550. The Morgan fingerprint density at radius 1 is 0.865 bits per heavy atom. The Morgan fingerprint density at radius 3 is 2.32 bits per heavy atom. The van der Waals surface area contributed by atoms with Crippen molar-refractivity contribution in [1.29, 1.82) is 0 Å². The van der Waals surface area contributed by atoms with Crippen molar-refractivity contribution in [1.82, 2.24) is 9.55 Å². The molecule has 3 aromatic carbocycles. The number of anilines is 2. The SMILES string of the molecule is Cc1cn(-c2cccc(C(=O)CC(=O)Nc3cc(C#Cc4ccccc4)ccc3NC(=O)O)c2)c(C)n1. The molecule has 0 aliphatic heterocycles. The Hall–Kier alpha value is -5.16. The average Bonchev–Trinajstić information content (AvgIpc) is 3.22. The van der Waals surface area contributed by atoms with Crippen LogP contribution in [-0.4, -0.2) is 32.4 Å². The molecule has 2 amide bonds. The summed E-state index contributed by atoms with van der Waals surface area (Å²) in [6, 6.07) is 21.1. The second kappa shape index (κ2) is 11.1. The third-order valence-electron chi connectivity index (χ3n) is 5.43. The first-order valence-corrected chi connectivity index (χ1v) is 11.5. The molecule has 0 atom stereocenters. The first kappa shape index (κ1) is 24.9. The van der Waals surface area contributed by atoms with Crippen molar-refractivity contribution in [2.45, 2.75) is 20.3 Å². The van der Waals surface area contributed by atoms with E-state index in [2.05, 4.69) is 27.5 Å². The summed E-state index contributed by atoms with van der Waals surface area (Å²) in [5.41, 5.74) is 3.77. The van der Waals surface area contributed by atoms with E-state index in [1.807, 2.05) is 61.0 Å². The van der Waals surface area contributed by atoms with Gasteiger partial charge in [-0.1, -0.05) is 42.2 Å². The van der Waals surface area contributed by atoms with E-state index in [4.69, 9.17) is 5.11 Å². The van der Waals surface area contributed by atoms with Crippen LogP contribution >= 0.6 is 0 Å². The second-order valence-corrected chi connectivity index (χ2v) is 8.30. The van der Waals surface area contributed by atoms with Crippen molar-refractivity contribution in [3.8, 4) is 17.5 Å². The van der Waals surface area contributed by atoms with Crippen LogP contribution in [0.15, 0.2) is 79.0 Å². The predicted molar refractivity (Wildman–Crippen MR) is 141 cm³/mol. The van der Waals surface area contributed by atoms with Crippen LogP contribution in [0.2, 0.25) is 0 Å². The van der Waals surface area contributed by atoms with Gasteiger partial charge in [0, 0.05) is 28.6 Å². The number of benzene rings is 3. The molecule has 4 aromatic rings. The number of nitrogens with zero attached hydrogens (tertiary/aromatic N) is 2. The maximum Gasteiger partial charge on any atom is 0.409 e. The minimum atomic E-state index is -1.28. The molecule has 8 heteroatoms. The van der Waals surface area contributed by atoms with Gasteiger partial charge < -0.3 is 15.0 Å². The lowest BCUT2D eigenvalue weighted by atomic mass is 10.1. The number of hydrogen-bond donors (Lipinski definition) is 3. The fourth-order valence-corrected chi connectivity index (χ4v) is 3.77. The van der Waals surface area contributed by atoms with Gasteiger partial charge >= 0.3 is 6.09 Å². The number of Topliss-reactive ketones (excluding diaryl/α,β-unsaturated/α-hetero) is 1. The van der Waals surface area contributed by atoms with Gasteiger partial charge in [-0.25, -0.2) is 9.78 Å². The summed E-state index contributed by atoms with van der Waals surface area (Å²) in [5, 5.41) is 14.1. The summed E-state index contributed by atoms with van der Waals surface area (Å²) in [6.45, 7) is 3.76. The van der Waals surface area contributed by atoms with Crippen molar-refractivity contribution in [2.75, 3.05) is 10.6 Å². The summed E-state index contributed by atoms with van der Waals surface area (Å²) in [7, 11) is 0. The van der Waals surface area contributed by atoms with Crippen molar-refractivity contribution in [3.63, 3.8) is 0 Å². The number of hydrogen-bond acceptors (Lipinski definition) is 4. The monoisotopic (exact) mass is 492 g/mol. The summed E-state index contributed by atoms with van der Waals surface area (Å²) >= 11 is 0. The van der Waals surface area contributed by atoms with Crippen molar-refractivity contribution < 1.29 is 19.5 Å². The Labute approximate surface area is 214 Å². The normalized spacial score (nSPS) is 10.2. The molecule has 1 aromatic heterocycles. The van der Waals surface area contributed by atoms with Crippen LogP contribution in [0.25, 0.3) is 5.69 Å². The molecular weight excluding hydrogens is 468 g/mol. The molecular formula is C29H24N4O4. The van der Waals surface area contributed by atoms with E-state index in [9.17, 15) is 14.4 Å². The van der Waals surface area contributed by atoms with E-state index in [0.29, 0.717) is 11.1 Å². The van der Waals surface area contributed by atoms with Crippen LogP contribution in [0.1, 0.15) is 39.4 Å². The standard InChI is InChI=1S/C29H24N4O4/c1-19-18-33(20(2)30-19)24-10-6-9-23(16-24)27(34)17-28(35)31-26-15-22(13-14-25(26)32-29(36)37)12-11-21-7-4-3-5-8-21/h3-10,13-16,18,32H,17H2,1-2H3,(H,31,35)(H,36,37). The third kappa shape index (κ3) is 6.50. The van der Waals surface area contributed by atoms with Crippen LogP contribution in [0.4, 0.5) is 16.2 Å². The molecule has 1 heterocycles. The van der Waals surface area contributed by atoms with E-state index in [1.54, 1.807) is 30.3 Å². The van der Waals surface area contributed by atoms with Crippen molar-refractivity contribution in [2.24, 2.45) is 0 Å². The first-order valence-electron chi connectivity index (χ1n) is 11.5. The maximum atomic E-state index is 12.9. The highest BCUT2D eigenvalue weighted by atomic mass is 16.4. The molecule has 184 valence electrons. The molecule has 0 aliphatic carbocycles. The van der Waals surface area contributed by atoms with Gasteiger partial charge in [0.15, 0.2) is 5.78 Å². The first-order chi connectivity index (χ1) is 17.8. The molecule has 37 heavy (non-hydrogen) atoms. The molecule has 8 nitrogen and oxygen atoms in total. The highest BCUT2D eigenvalue weighted by Crippen LogP contribution is 2.24. The minimum absolute atomic E-state index is 0.173. The van der Waals surface area contributed by atoms with Crippen LogP contribution in [-0.2, 0) is 4.79 Å². The fraction of sp³-hybridized carbons (Fsp3) is 0.103. The smallest absolute Gasteiger partial charge is 0.409 e. The highest BCUT2D eigenvalue weighted by molar-refractivity contribution is 6.12. The van der Waals surface area contributed by atoms with E-state index in [0.717, 1.165) is 22.8 Å². The second-order valence-electron chi connectivity index (χ2n) is 8.30. The highest BCUT2D eigenvalue weighted by Gasteiger charge is 2.16. The Balaban J connectivity index is 1.52. The van der Waals surface area contributed by atoms with E-state index in [-0.39, 0.29) is 17.2 Å². The fourth-order valence-electron chi connectivity index (χ4n) is 3.77. The zero-order chi connectivity index (χ0) is 26.4. The molecule has 0 aliphatic rings.